The Bertz CT molecular complexity index is 408. The average Bonchev–Trinajstić information content (AvgIpc) is 2.49. The van der Waals surface area contributed by atoms with Gasteiger partial charge in [-0.3, -0.25) is 4.40 Å². The van der Waals surface area contributed by atoms with Crippen LogP contribution in [0, 0.1) is 0 Å². The zero-order chi connectivity index (χ0) is 8.55. The fraction of sp³-hybridized carbons (Fsp3) is 0.125. The largest absolute Gasteiger partial charge is 0.396 e. The van der Waals surface area contributed by atoms with E-state index >= 15 is 0 Å². The zero-order valence-electron chi connectivity index (χ0n) is 6.44. The lowest BCUT2D eigenvalue weighted by Crippen LogP contribution is -1.94. The summed E-state index contributed by atoms with van der Waals surface area (Å²) >= 11 is 0. The third-order valence-corrected chi connectivity index (χ3v) is 1.80. The van der Waals surface area contributed by atoms with Crippen molar-refractivity contribution >= 4 is 11.3 Å². The molecule has 0 saturated carbocycles. The first-order valence-corrected chi connectivity index (χ1v) is 3.64. The number of nitrogen functional groups attached to an aromatic ring is 1. The second kappa shape index (κ2) is 2.49. The molecule has 0 aliphatic heterocycles. The smallest absolute Gasteiger partial charge is 0.160 e. The van der Waals surface area contributed by atoms with Crippen LogP contribution in [0.3, 0.4) is 0 Å². The third kappa shape index (κ3) is 0.853. The van der Waals surface area contributed by atoms with E-state index in [1.165, 1.54) is 0 Å². The minimum atomic E-state index is -0.0232. The van der Waals surface area contributed by atoms with E-state index in [1.54, 1.807) is 16.7 Å². The highest BCUT2D eigenvalue weighted by Gasteiger charge is 2.02. The number of aromatic nitrogens is 2. The van der Waals surface area contributed by atoms with E-state index in [0.717, 1.165) is 5.69 Å². The maximum absolute atomic E-state index is 8.91. The summed E-state index contributed by atoms with van der Waals surface area (Å²) < 4.78 is 1.77. The summed E-state index contributed by atoms with van der Waals surface area (Å²) in [4.78, 5) is 4.07. The van der Waals surface area contributed by atoms with Crippen LogP contribution in [0.2, 0.25) is 0 Å². The minimum absolute atomic E-state index is 0.0232. The number of aliphatic hydroxyl groups is 1. The van der Waals surface area contributed by atoms with E-state index in [-0.39, 0.29) is 6.61 Å². The number of imidazole rings is 1. The number of hydrogen-bond acceptors (Lipinski definition) is 3. The normalized spacial score (nSPS) is 10.8. The van der Waals surface area contributed by atoms with Gasteiger partial charge < -0.3 is 10.8 Å². The zero-order valence-corrected chi connectivity index (χ0v) is 6.44. The molecule has 2 aromatic heterocycles. The van der Waals surface area contributed by atoms with Gasteiger partial charge in [0, 0.05) is 6.20 Å². The summed E-state index contributed by atoms with van der Waals surface area (Å²) in [6.07, 6.45) is 3.44. The van der Waals surface area contributed by atoms with Gasteiger partial charge in [0.2, 0.25) is 0 Å². The number of nitrogens with zero attached hydrogens (tertiary/aromatic N) is 2. The van der Waals surface area contributed by atoms with Crippen LogP contribution >= 0.6 is 0 Å². The average molecular weight is 163 g/mol. The summed E-state index contributed by atoms with van der Waals surface area (Å²) in [5.74, 6) is 0. The molecule has 0 radical (unpaired) electrons. The van der Waals surface area contributed by atoms with E-state index in [9.17, 15) is 0 Å². The van der Waals surface area contributed by atoms with Crippen LogP contribution in [-0.2, 0) is 6.61 Å². The van der Waals surface area contributed by atoms with Gasteiger partial charge in [-0.25, -0.2) is 4.98 Å². The highest BCUT2D eigenvalue weighted by Crippen LogP contribution is 2.12. The molecule has 62 valence electrons. The molecular weight excluding hydrogens is 154 g/mol. The monoisotopic (exact) mass is 163 g/mol. The Morgan fingerprint density at radius 1 is 1.58 bits per heavy atom. The predicted octanol–water partition coefficient (Wildman–Crippen LogP) is 0.409. The van der Waals surface area contributed by atoms with Crippen LogP contribution in [0.25, 0.3) is 5.65 Å². The Morgan fingerprint density at radius 3 is 3.17 bits per heavy atom. The SMILES string of the molecule is Nc1cccn2c(CO)cnc12. The maximum Gasteiger partial charge on any atom is 0.160 e. The molecule has 0 saturated heterocycles. The van der Waals surface area contributed by atoms with Crippen LogP contribution in [0.5, 0.6) is 0 Å². The van der Waals surface area contributed by atoms with Crippen LogP contribution in [-0.4, -0.2) is 14.5 Å². The molecular formula is C8H9N3O. The van der Waals surface area contributed by atoms with Crippen LogP contribution < -0.4 is 5.73 Å². The molecule has 2 aromatic rings. The van der Waals surface area contributed by atoms with Gasteiger partial charge in [0.25, 0.3) is 0 Å². The summed E-state index contributed by atoms with van der Waals surface area (Å²) in [7, 11) is 0. The molecule has 4 heteroatoms. The van der Waals surface area contributed by atoms with Gasteiger partial charge in [-0.2, -0.15) is 0 Å². The summed E-state index contributed by atoms with van der Waals surface area (Å²) in [5.41, 5.74) is 7.73. The van der Waals surface area contributed by atoms with Crippen molar-refractivity contribution in [3.05, 3.63) is 30.2 Å². The fourth-order valence-corrected chi connectivity index (χ4v) is 1.20. The van der Waals surface area contributed by atoms with Gasteiger partial charge in [0.15, 0.2) is 5.65 Å². The lowest BCUT2D eigenvalue weighted by Gasteiger charge is -1.98. The maximum atomic E-state index is 8.91. The molecule has 0 spiro atoms. The Labute approximate surface area is 69.3 Å². The quantitative estimate of drug-likeness (QED) is 0.640. The van der Waals surface area contributed by atoms with E-state index in [1.807, 2.05) is 12.3 Å². The van der Waals surface area contributed by atoms with Crippen LogP contribution in [0.1, 0.15) is 5.69 Å². The fourth-order valence-electron chi connectivity index (χ4n) is 1.20. The molecule has 0 bridgehead atoms. The van der Waals surface area contributed by atoms with Crippen molar-refractivity contribution in [1.82, 2.24) is 9.38 Å². The summed E-state index contributed by atoms with van der Waals surface area (Å²) in [5, 5.41) is 8.91. The Balaban J connectivity index is 2.80. The number of anilines is 1. The van der Waals surface area contributed by atoms with Gasteiger partial charge in [0.1, 0.15) is 0 Å². The number of pyridine rings is 1. The second-order valence-electron chi connectivity index (χ2n) is 2.56. The highest BCUT2D eigenvalue weighted by atomic mass is 16.3. The van der Waals surface area contributed by atoms with Crippen molar-refractivity contribution < 1.29 is 5.11 Å². The first-order valence-electron chi connectivity index (χ1n) is 3.64. The standard InChI is InChI=1S/C8H9N3O/c9-7-2-1-3-11-6(5-12)4-10-8(7)11/h1-4,12H,5,9H2. The molecule has 4 nitrogen and oxygen atoms in total. The summed E-state index contributed by atoms with van der Waals surface area (Å²) in [6, 6.07) is 3.60. The Morgan fingerprint density at radius 2 is 2.42 bits per heavy atom. The lowest BCUT2D eigenvalue weighted by atomic mass is 10.4. The minimum Gasteiger partial charge on any atom is -0.396 e. The van der Waals surface area contributed by atoms with Gasteiger partial charge in [0.05, 0.1) is 24.2 Å². The number of rotatable bonds is 1. The molecule has 3 N–H and O–H groups in total. The number of nitrogens with two attached hydrogens (primary N) is 1. The molecule has 0 fully saturated rings. The van der Waals surface area contributed by atoms with E-state index in [4.69, 9.17) is 10.8 Å². The molecule has 2 heterocycles. The van der Waals surface area contributed by atoms with E-state index in [2.05, 4.69) is 4.98 Å². The summed E-state index contributed by atoms with van der Waals surface area (Å²) in [6.45, 7) is -0.0232. The van der Waals surface area contributed by atoms with Crippen molar-refractivity contribution in [3.63, 3.8) is 0 Å². The van der Waals surface area contributed by atoms with Crippen LogP contribution in [0.15, 0.2) is 24.5 Å². The van der Waals surface area contributed by atoms with Crippen molar-refractivity contribution in [1.29, 1.82) is 0 Å². The molecule has 0 aliphatic carbocycles. The lowest BCUT2D eigenvalue weighted by molar-refractivity contribution is 0.276. The first-order chi connectivity index (χ1) is 5.83. The van der Waals surface area contributed by atoms with Crippen molar-refractivity contribution in [2.45, 2.75) is 6.61 Å². The van der Waals surface area contributed by atoms with E-state index < -0.39 is 0 Å². The number of fused-ring (bicyclic) bond motifs is 1. The van der Waals surface area contributed by atoms with Gasteiger partial charge in [-0.1, -0.05) is 0 Å². The molecule has 0 aliphatic rings. The van der Waals surface area contributed by atoms with E-state index in [0.29, 0.717) is 11.3 Å². The molecule has 0 atom stereocenters. The first kappa shape index (κ1) is 7.12. The topological polar surface area (TPSA) is 63.5 Å². The predicted molar refractivity (Wildman–Crippen MR) is 45.5 cm³/mol. The Hall–Kier alpha value is -1.55. The van der Waals surface area contributed by atoms with Crippen LogP contribution in [0.4, 0.5) is 5.69 Å². The molecule has 0 unspecified atom stereocenters. The van der Waals surface area contributed by atoms with Crippen molar-refractivity contribution in [3.8, 4) is 0 Å². The molecule has 0 amide bonds. The third-order valence-electron chi connectivity index (χ3n) is 1.80. The molecule has 0 aromatic carbocycles. The number of hydrogen-bond donors (Lipinski definition) is 2. The van der Waals surface area contributed by atoms with Crippen molar-refractivity contribution in [2.75, 3.05) is 5.73 Å². The second-order valence-corrected chi connectivity index (χ2v) is 2.56. The number of aliphatic hydroxyl groups excluding tert-OH is 1. The molecule has 12 heavy (non-hydrogen) atoms. The Kier molecular flexibility index (Phi) is 1.48. The highest BCUT2D eigenvalue weighted by molar-refractivity contribution is 5.64. The molecule has 2 rings (SSSR count). The van der Waals surface area contributed by atoms with Gasteiger partial charge >= 0.3 is 0 Å². The van der Waals surface area contributed by atoms with Gasteiger partial charge in [-0.15, -0.1) is 0 Å². The van der Waals surface area contributed by atoms with Gasteiger partial charge in [-0.05, 0) is 12.1 Å². The van der Waals surface area contributed by atoms with Crippen molar-refractivity contribution in [2.24, 2.45) is 0 Å².